The molecule has 0 radical (unpaired) electrons. The minimum atomic E-state index is -3.97. The zero-order chi connectivity index (χ0) is 35.6. The second kappa shape index (κ2) is 15.4. The van der Waals surface area contributed by atoms with E-state index in [2.05, 4.69) is 14.5 Å². The number of nitrogens with one attached hydrogen (secondary N) is 1. The summed E-state index contributed by atoms with van der Waals surface area (Å²) < 4.78 is 35.8. The predicted octanol–water partition coefficient (Wildman–Crippen LogP) is 5.25. The van der Waals surface area contributed by atoms with E-state index in [0.29, 0.717) is 62.8 Å². The van der Waals surface area contributed by atoms with Crippen LogP contribution < -0.4 is 14.4 Å². The van der Waals surface area contributed by atoms with E-state index in [1.165, 1.54) is 0 Å². The van der Waals surface area contributed by atoms with Crippen molar-refractivity contribution in [1.82, 2.24) is 14.5 Å². The van der Waals surface area contributed by atoms with Crippen LogP contribution in [0.2, 0.25) is 5.02 Å². The van der Waals surface area contributed by atoms with Gasteiger partial charge in [0.25, 0.3) is 5.91 Å². The molecule has 1 saturated heterocycles. The monoisotopic (exact) mass is 728 g/mol. The molecule has 2 N–H and O–H groups in total. The van der Waals surface area contributed by atoms with Gasteiger partial charge in [-0.1, -0.05) is 31.0 Å². The van der Waals surface area contributed by atoms with Crippen molar-refractivity contribution < 1.29 is 27.9 Å². The molecule has 2 aromatic rings. The first kappa shape index (κ1) is 36.9. The van der Waals surface area contributed by atoms with Crippen molar-refractivity contribution in [2.24, 2.45) is 17.8 Å². The lowest BCUT2D eigenvalue weighted by molar-refractivity contribution is -0.133. The third-order valence-corrected chi connectivity index (χ3v) is 14.1. The molecule has 274 valence electrons. The van der Waals surface area contributed by atoms with Crippen molar-refractivity contribution in [3.63, 3.8) is 0 Å². The van der Waals surface area contributed by atoms with E-state index in [1.54, 1.807) is 32.0 Å². The quantitative estimate of drug-likeness (QED) is 0.431. The molecule has 3 heterocycles. The smallest absolute Gasteiger partial charge is 0.264 e. The van der Waals surface area contributed by atoms with Crippen molar-refractivity contribution in [2.75, 3.05) is 50.7 Å². The Morgan fingerprint density at radius 3 is 2.50 bits per heavy atom. The second-order valence-corrected chi connectivity index (χ2v) is 17.6. The van der Waals surface area contributed by atoms with Crippen LogP contribution in [-0.4, -0.2) is 91.8 Å². The molecule has 1 aliphatic carbocycles. The van der Waals surface area contributed by atoms with Gasteiger partial charge in [0.15, 0.2) is 0 Å². The topological polar surface area (TPSA) is 119 Å². The van der Waals surface area contributed by atoms with Crippen molar-refractivity contribution >= 4 is 39.1 Å². The molecule has 6 rings (SSSR count). The number of sulfonamides is 1. The van der Waals surface area contributed by atoms with E-state index < -0.39 is 26.8 Å². The molecule has 0 unspecified atom stereocenters. The van der Waals surface area contributed by atoms with Crippen LogP contribution in [0.3, 0.4) is 0 Å². The molecule has 2 fully saturated rings. The number of fused-ring (bicyclic) bond motifs is 3. The number of anilines is 1. The number of hydrogen-bond donors (Lipinski definition) is 2. The SMILES string of the molecule is CC(=O)N1CCN(C[C@@]2(O)CCC[C@H](C)[C@@H](C)S(=O)(=O)NC(=O)c3ccc4c(c3)N(CCCCc3cc(Cl)ccc3CO4)C[C@@H]3CC[C@H]32)CC1. The number of nitrogens with zero attached hydrogens (tertiary/aromatic N) is 3. The van der Waals surface area contributed by atoms with Gasteiger partial charge >= 0.3 is 0 Å². The van der Waals surface area contributed by atoms with Crippen molar-refractivity contribution in [2.45, 2.75) is 89.6 Å². The number of carbonyl (C=O) groups excluding carboxylic acids is 2. The Morgan fingerprint density at radius 2 is 1.78 bits per heavy atom. The largest absolute Gasteiger partial charge is 0.487 e. The number of β-amino-alcohol motifs (C(OH)–C–C–N with tert-alkyl or cyclic N) is 1. The van der Waals surface area contributed by atoms with Gasteiger partial charge in [0, 0.05) is 63.3 Å². The summed E-state index contributed by atoms with van der Waals surface area (Å²) in [5.74, 6) is 0.145. The minimum Gasteiger partial charge on any atom is -0.487 e. The molecule has 12 heteroatoms. The second-order valence-electron chi connectivity index (χ2n) is 15.2. The average Bonchev–Trinajstić information content (AvgIpc) is 3.09. The number of amides is 2. The van der Waals surface area contributed by atoms with Crippen molar-refractivity contribution in [3.05, 3.63) is 58.1 Å². The fraction of sp³-hybridized carbons (Fsp3) is 0.632. The summed E-state index contributed by atoms with van der Waals surface area (Å²) in [4.78, 5) is 32.0. The number of carbonyl (C=O) groups is 2. The molecule has 5 atom stereocenters. The lowest BCUT2D eigenvalue weighted by Crippen LogP contribution is -2.59. The Balaban J connectivity index is 1.34. The summed E-state index contributed by atoms with van der Waals surface area (Å²) in [5, 5.41) is 12.5. The third kappa shape index (κ3) is 8.27. The number of piperazine rings is 1. The van der Waals surface area contributed by atoms with E-state index in [0.717, 1.165) is 68.6 Å². The summed E-state index contributed by atoms with van der Waals surface area (Å²) in [6.45, 7) is 10.2. The number of halogens is 1. The van der Waals surface area contributed by atoms with Crippen LogP contribution in [0.4, 0.5) is 5.69 Å². The van der Waals surface area contributed by atoms with E-state index >= 15 is 0 Å². The first-order chi connectivity index (χ1) is 23.8. The van der Waals surface area contributed by atoms with Crippen LogP contribution in [-0.2, 0) is 27.8 Å². The van der Waals surface area contributed by atoms with Gasteiger partial charge in [0.2, 0.25) is 15.9 Å². The van der Waals surface area contributed by atoms with Crippen molar-refractivity contribution in [1.29, 1.82) is 0 Å². The van der Waals surface area contributed by atoms with Gasteiger partial charge in [-0.2, -0.15) is 0 Å². The van der Waals surface area contributed by atoms with Crippen LogP contribution in [0.1, 0.15) is 87.2 Å². The lowest BCUT2D eigenvalue weighted by atomic mass is 9.62. The summed E-state index contributed by atoms with van der Waals surface area (Å²) in [7, 11) is -3.97. The Labute approximate surface area is 302 Å². The number of rotatable bonds is 2. The van der Waals surface area contributed by atoms with Crippen LogP contribution in [0.25, 0.3) is 0 Å². The fourth-order valence-corrected chi connectivity index (χ4v) is 9.90. The standard InChI is InChI=1S/C38H53ClN4O6S/c1-26-7-6-15-38(46,25-41-17-19-42(20-18-41)28(3)44)34-13-10-31(34)23-43-16-5-4-8-29-21-33(39)12-9-32(29)24-49-36-14-11-30(22-35(36)43)37(45)40-50(47,48)27(26)2/h9,11-12,14,21-22,26-27,31,34,46H,4-8,10,13,15-20,23-25H2,1-3H3,(H,40,45)/t26-,27+,31-,34+,38-/m0/s1. The average molecular weight is 729 g/mol. The third-order valence-electron chi connectivity index (χ3n) is 11.9. The van der Waals surface area contributed by atoms with E-state index in [1.807, 2.05) is 30.0 Å². The molecular weight excluding hydrogens is 676 g/mol. The highest BCUT2D eigenvalue weighted by molar-refractivity contribution is 7.90. The highest BCUT2D eigenvalue weighted by atomic mass is 35.5. The lowest BCUT2D eigenvalue weighted by Gasteiger charge is -2.51. The van der Waals surface area contributed by atoms with Crippen LogP contribution in [0.15, 0.2) is 36.4 Å². The maximum absolute atomic E-state index is 13.5. The number of benzene rings is 2. The highest BCUT2D eigenvalue weighted by Crippen LogP contribution is 2.46. The Bertz CT molecular complexity index is 1660. The molecule has 2 bridgehead atoms. The maximum Gasteiger partial charge on any atom is 0.264 e. The maximum atomic E-state index is 13.5. The zero-order valence-electron chi connectivity index (χ0n) is 29.7. The molecule has 4 aliphatic rings. The summed E-state index contributed by atoms with van der Waals surface area (Å²) >= 11 is 6.37. The molecule has 2 aromatic carbocycles. The molecule has 1 saturated carbocycles. The normalized spacial score (nSPS) is 29.7. The molecule has 0 aromatic heterocycles. The van der Waals surface area contributed by atoms with Crippen LogP contribution in [0.5, 0.6) is 5.75 Å². The van der Waals surface area contributed by atoms with E-state index in [-0.39, 0.29) is 29.2 Å². The minimum absolute atomic E-state index is 0.0677. The van der Waals surface area contributed by atoms with E-state index in [4.69, 9.17) is 16.3 Å². The first-order valence-electron chi connectivity index (χ1n) is 18.4. The molecular formula is C38H53ClN4O6S. The highest BCUT2D eigenvalue weighted by Gasteiger charge is 2.48. The van der Waals surface area contributed by atoms with Gasteiger partial charge in [-0.25, -0.2) is 13.1 Å². The number of aryl methyl sites for hydroxylation is 1. The molecule has 10 nitrogen and oxygen atoms in total. The van der Waals surface area contributed by atoms with Crippen molar-refractivity contribution in [3.8, 4) is 5.75 Å². The van der Waals surface area contributed by atoms with E-state index in [9.17, 15) is 23.1 Å². The number of hydrogen-bond acceptors (Lipinski definition) is 8. The Morgan fingerprint density at radius 1 is 1.00 bits per heavy atom. The van der Waals surface area contributed by atoms with Gasteiger partial charge in [-0.15, -0.1) is 0 Å². The molecule has 0 spiro atoms. The van der Waals surface area contributed by atoms with Crippen LogP contribution >= 0.6 is 11.6 Å². The molecule has 3 aliphatic heterocycles. The van der Waals surface area contributed by atoms with Gasteiger partial charge in [-0.3, -0.25) is 14.5 Å². The van der Waals surface area contributed by atoms with Crippen LogP contribution in [0, 0.1) is 17.8 Å². The molecule has 2 amide bonds. The molecule has 50 heavy (non-hydrogen) atoms. The van der Waals surface area contributed by atoms with Gasteiger partial charge in [-0.05, 0) is 111 Å². The summed E-state index contributed by atoms with van der Waals surface area (Å²) in [6.07, 6.45) is 6.48. The van der Waals surface area contributed by atoms with Gasteiger partial charge in [0.1, 0.15) is 12.4 Å². The van der Waals surface area contributed by atoms with Gasteiger partial charge in [0.05, 0.1) is 16.5 Å². The summed E-state index contributed by atoms with van der Waals surface area (Å²) in [6, 6.07) is 11.1. The predicted molar refractivity (Wildman–Crippen MR) is 196 cm³/mol. The number of aliphatic hydroxyl groups is 1. The first-order valence-corrected chi connectivity index (χ1v) is 20.3. The Kier molecular flexibility index (Phi) is 11.4. The zero-order valence-corrected chi connectivity index (χ0v) is 31.3. The number of ether oxygens (including phenoxy) is 1. The fourth-order valence-electron chi connectivity index (χ4n) is 8.40. The summed E-state index contributed by atoms with van der Waals surface area (Å²) in [5.41, 5.74) is 2.30. The van der Waals surface area contributed by atoms with Gasteiger partial charge < -0.3 is 19.6 Å². The Hall–Kier alpha value is -2.86.